The van der Waals surface area contributed by atoms with Crippen LogP contribution in [0.1, 0.15) is 0 Å². The van der Waals surface area contributed by atoms with Gasteiger partial charge in [-0.15, -0.1) is 11.3 Å². The van der Waals surface area contributed by atoms with Gasteiger partial charge in [-0.25, -0.2) is 18.7 Å². The molecule has 1 aromatic carbocycles. The molecule has 0 spiro atoms. The van der Waals surface area contributed by atoms with Crippen LogP contribution in [-0.2, 0) is 4.79 Å². The lowest BCUT2D eigenvalue weighted by Crippen LogP contribution is -2.22. The minimum absolute atomic E-state index is 0.0546. The molecule has 3 aromatic rings. The van der Waals surface area contributed by atoms with Gasteiger partial charge in [-0.1, -0.05) is 0 Å². The van der Waals surface area contributed by atoms with Crippen LogP contribution in [0.15, 0.2) is 36.0 Å². The molecule has 0 aliphatic carbocycles. The molecule has 0 saturated carbocycles. The standard InChI is InChI=1S/C14H10F2N4OS/c15-10-2-1-8(5-11(10)16)20-12(21)6-17-13-9-3-4-22-14(9)19-7-18-13/h1-5,7H,6H2,(H,20,21)(H,17,18,19). The van der Waals surface area contributed by atoms with Gasteiger partial charge in [0.15, 0.2) is 11.6 Å². The van der Waals surface area contributed by atoms with Gasteiger partial charge in [-0.3, -0.25) is 4.79 Å². The molecule has 0 aliphatic heterocycles. The number of anilines is 2. The van der Waals surface area contributed by atoms with E-state index in [4.69, 9.17) is 0 Å². The Morgan fingerprint density at radius 3 is 2.86 bits per heavy atom. The van der Waals surface area contributed by atoms with E-state index in [0.717, 1.165) is 22.3 Å². The maximum Gasteiger partial charge on any atom is 0.243 e. The lowest BCUT2D eigenvalue weighted by atomic mass is 10.3. The summed E-state index contributed by atoms with van der Waals surface area (Å²) in [6, 6.07) is 5.03. The SMILES string of the molecule is O=C(CNc1ncnc2sccc12)Nc1ccc(F)c(F)c1. The summed E-state index contributed by atoms with van der Waals surface area (Å²) in [6.45, 7) is -0.0546. The number of carbonyl (C=O) groups excluding carboxylic acids is 1. The molecule has 0 saturated heterocycles. The van der Waals surface area contributed by atoms with Crippen LogP contribution < -0.4 is 10.6 Å². The molecule has 0 fully saturated rings. The van der Waals surface area contributed by atoms with Crippen LogP contribution in [0.5, 0.6) is 0 Å². The van der Waals surface area contributed by atoms with E-state index < -0.39 is 17.5 Å². The first-order chi connectivity index (χ1) is 10.6. The largest absolute Gasteiger partial charge is 0.360 e. The molecule has 2 N–H and O–H groups in total. The molecule has 5 nitrogen and oxygen atoms in total. The quantitative estimate of drug-likeness (QED) is 0.775. The van der Waals surface area contributed by atoms with Crippen molar-refractivity contribution in [3.05, 3.63) is 47.6 Å². The van der Waals surface area contributed by atoms with Gasteiger partial charge >= 0.3 is 0 Å². The molecule has 0 aliphatic rings. The van der Waals surface area contributed by atoms with Crippen LogP contribution in [-0.4, -0.2) is 22.4 Å². The van der Waals surface area contributed by atoms with E-state index in [1.165, 1.54) is 23.7 Å². The first kappa shape index (κ1) is 14.3. The van der Waals surface area contributed by atoms with E-state index in [9.17, 15) is 13.6 Å². The third-order valence-corrected chi connectivity index (χ3v) is 3.70. The van der Waals surface area contributed by atoms with Crippen LogP contribution in [0.4, 0.5) is 20.3 Å². The number of nitrogens with one attached hydrogen (secondary N) is 2. The lowest BCUT2D eigenvalue weighted by molar-refractivity contribution is -0.114. The minimum atomic E-state index is -1.01. The van der Waals surface area contributed by atoms with Gasteiger partial charge in [0, 0.05) is 11.8 Å². The Labute approximate surface area is 128 Å². The van der Waals surface area contributed by atoms with Gasteiger partial charge in [0.2, 0.25) is 5.91 Å². The third-order valence-electron chi connectivity index (χ3n) is 2.88. The summed E-state index contributed by atoms with van der Waals surface area (Å²) in [4.78, 5) is 20.8. The number of fused-ring (bicyclic) bond motifs is 1. The van der Waals surface area contributed by atoms with Crippen molar-refractivity contribution >= 4 is 39.0 Å². The average molecular weight is 320 g/mol. The van der Waals surface area contributed by atoms with E-state index in [1.807, 2.05) is 11.4 Å². The summed E-state index contributed by atoms with van der Waals surface area (Å²) in [5.41, 5.74) is 0.189. The number of carbonyl (C=O) groups is 1. The van der Waals surface area contributed by atoms with E-state index in [2.05, 4.69) is 20.6 Å². The third kappa shape index (κ3) is 3.01. The number of hydrogen-bond acceptors (Lipinski definition) is 5. The van der Waals surface area contributed by atoms with Crippen molar-refractivity contribution in [3.8, 4) is 0 Å². The van der Waals surface area contributed by atoms with Gasteiger partial charge in [0.1, 0.15) is 17.0 Å². The van der Waals surface area contributed by atoms with Gasteiger partial charge in [-0.05, 0) is 23.6 Å². The molecule has 0 unspecified atom stereocenters. The molecule has 3 rings (SSSR count). The normalized spacial score (nSPS) is 10.6. The number of thiophene rings is 1. The molecule has 0 atom stereocenters. The van der Waals surface area contributed by atoms with E-state index in [-0.39, 0.29) is 12.2 Å². The Bertz CT molecular complexity index is 837. The molecule has 2 heterocycles. The van der Waals surface area contributed by atoms with E-state index in [1.54, 1.807) is 0 Å². The zero-order valence-corrected chi connectivity index (χ0v) is 12.0. The highest BCUT2D eigenvalue weighted by molar-refractivity contribution is 7.16. The number of rotatable bonds is 4. The number of halogens is 2. The summed E-state index contributed by atoms with van der Waals surface area (Å²) >= 11 is 1.47. The highest BCUT2D eigenvalue weighted by atomic mass is 32.1. The molecule has 0 bridgehead atoms. The van der Waals surface area contributed by atoms with Crippen molar-refractivity contribution in [3.63, 3.8) is 0 Å². The molecule has 22 heavy (non-hydrogen) atoms. The molecular weight excluding hydrogens is 310 g/mol. The predicted octanol–water partition coefficient (Wildman–Crippen LogP) is 3.02. The predicted molar refractivity (Wildman–Crippen MR) is 80.9 cm³/mol. The maximum atomic E-state index is 13.1. The van der Waals surface area contributed by atoms with Crippen LogP contribution in [0.3, 0.4) is 0 Å². The number of benzene rings is 1. The van der Waals surface area contributed by atoms with Gasteiger partial charge < -0.3 is 10.6 Å². The zero-order valence-electron chi connectivity index (χ0n) is 11.1. The van der Waals surface area contributed by atoms with Crippen molar-refractivity contribution < 1.29 is 13.6 Å². The Balaban J connectivity index is 1.65. The van der Waals surface area contributed by atoms with Gasteiger partial charge in [-0.2, -0.15) is 0 Å². The molecule has 1 amide bonds. The van der Waals surface area contributed by atoms with Crippen molar-refractivity contribution in [2.45, 2.75) is 0 Å². The second kappa shape index (κ2) is 6.02. The number of amides is 1. The average Bonchev–Trinajstić information content (AvgIpc) is 2.98. The fourth-order valence-corrected chi connectivity index (χ4v) is 2.61. The number of aromatic nitrogens is 2. The fourth-order valence-electron chi connectivity index (χ4n) is 1.87. The second-order valence-corrected chi connectivity index (χ2v) is 5.29. The topological polar surface area (TPSA) is 66.9 Å². The number of hydrogen-bond donors (Lipinski definition) is 2. The van der Waals surface area contributed by atoms with Crippen LogP contribution >= 0.6 is 11.3 Å². The van der Waals surface area contributed by atoms with Crippen molar-refractivity contribution in [1.82, 2.24) is 9.97 Å². The Morgan fingerprint density at radius 1 is 1.18 bits per heavy atom. The van der Waals surface area contributed by atoms with Crippen LogP contribution in [0.25, 0.3) is 10.2 Å². The minimum Gasteiger partial charge on any atom is -0.360 e. The van der Waals surface area contributed by atoms with Crippen molar-refractivity contribution in [1.29, 1.82) is 0 Å². The second-order valence-electron chi connectivity index (χ2n) is 4.39. The lowest BCUT2D eigenvalue weighted by Gasteiger charge is -2.08. The summed E-state index contributed by atoms with van der Waals surface area (Å²) in [5.74, 6) is -1.82. The Kier molecular flexibility index (Phi) is 3.92. The Morgan fingerprint density at radius 2 is 2.05 bits per heavy atom. The van der Waals surface area contributed by atoms with Gasteiger partial charge in [0.05, 0.1) is 11.9 Å². The highest BCUT2D eigenvalue weighted by Gasteiger charge is 2.08. The smallest absolute Gasteiger partial charge is 0.243 e. The zero-order chi connectivity index (χ0) is 15.5. The molecule has 112 valence electrons. The monoisotopic (exact) mass is 320 g/mol. The van der Waals surface area contributed by atoms with Crippen molar-refractivity contribution in [2.75, 3.05) is 17.2 Å². The fraction of sp³-hybridized carbons (Fsp3) is 0.0714. The molecule has 2 aromatic heterocycles. The Hall–Kier alpha value is -2.61. The summed E-state index contributed by atoms with van der Waals surface area (Å²) in [6.07, 6.45) is 1.41. The first-order valence-corrected chi connectivity index (χ1v) is 7.18. The van der Waals surface area contributed by atoms with E-state index in [0.29, 0.717) is 5.82 Å². The first-order valence-electron chi connectivity index (χ1n) is 6.30. The van der Waals surface area contributed by atoms with Gasteiger partial charge in [0.25, 0.3) is 0 Å². The summed E-state index contributed by atoms with van der Waals surface area (Å²) < 4.78 is 25.9. The van der Waals surface area contributed by atoms with Crippen LogP contribution in [0, 0.1) is 11.6 Å². The molecular formula is C14H10F2N4OS. The van der Waals surface area contributed by atoms with Crippen LogP contribution in [0.2, 0.25) is 0 Å². The maximum absolute atomic E-state index is 13.1. The van der Waals surface area contributed by atoms with E-state index >= 15 is 0 Å². The molecule has 8 heteroatoms. The number of nitrogens with zero attached hydrogens (tertiary/aromatic N) is 2. The molecule has 0 radical (unpaired) electrons. The highest BCUT2D eigenvalue weighted by Crippen LogP contribution is 2.23. The summed E-state index contributed by atoms with van der Waals surface area (Å²) in [7, 11) is 0. The summed E-state index contributed by atoms with van der Waals surface area (Å²) in [5, 5.41) is 8.08. The van der Waals surface area contributed by atoms with Crippen molar-refractivity contribution in [2.24, 2.45) is 0 Å².